The highest BCUT2D eigenvalue weighted by Gasteiger charge is 2.29. The third kappa shape index (κ3) is 6.63. The quantitative estimate of drug-likeness (QED) is 0.272. The van der Waals surface area contributed by atoms with Crippen molar-refractivity contribution in [2.24, 2.45) is 0 Å². The Hall–Kier alpha value is -3.76. The van der Waals surface area contributed by atoms with E-state index in [2.05, 4.69) is 4.98 Å². The second kappa shape index (κ2) is 12.0. The van der Waals surface area contributed by atoms with Crippen molar-refractivity contribution in [2.45, 2.75) is 55.9 Å². The van der Waals surface area contributed by atoms with Crippen molar-refractivity contribution in [1.82, 2.24) is 14.5 Å². The molecule has 3 heterocycles. The van der Waals surface area contributed by atoms with Crippen LogP contribution in [0.15, 0.2) is 88.8 Å². The van der Waals surface area contributed by atoms with Crippen LogP contribution in [0.4, 0.5) is 4.39 Å². The smallest absolute Gasteiger partial charge is 0.228 e. The molecule has 0 spiro atoms. The summed E-state index contributed by atoms with van der Waals surface area (Å²) in [5.41, 5.74) is 1.49. The van der Waals surface area contributed by atoms with Crippen molar-refractivity contribution in [3.63, 3.8) is 0 Å². The number of hydrogen-bond acceptors (Lipinski definition) is 6. The number of rotatable bonds is 11. The van der Waals surface area contributed by atoms with Gasteiger partial charge in [-0.2, -0.15) is 0 Å². The molecule has 1 aliphatic rings. The van der Waals surface area contributed by atoms with Gasteiger partial charge >= 0.3 is 0 Å². The molecule has 8 nitrogen and oxygen atoms in total. The predicted octanol–water partition coefficient (Wildman–Crippen LogP) is 4.54. The highest BCUT2D eigenvalue weighted by Crippen LogP contribution is 2.24. The van der Waals surface area contributed by atoms with E-state index in [1.54, 1.807) is 33.9 Å². The van der Waals surface area contributed by atoms with Crippen molar-refractivity contribution in [1.29, 1.82) is 0 Å². The third-order valence-corrected chi connectivity index (χ3v) is 8.30. The summed E-state index contributed by atoms with van der Waals surface area (Å²) in [5.74, 6) is -0.646. The topological polar surface area (TPSA) is 94.6 Å². The number of ether oxygens (including phenoxy) is 1. The van der Waals surface area contributed by atoms with E-state index < -0.39 is 21.4 Å². The fourth-order valence-electron chi connectivity index (χ4n) is 4.74. The van der Waals surface area contributed by atoms with Crippen molar-refractivity contribution in [2.75, 3.05) is 6.61 Å². The highest BCUT2D eigenvalue weighted by molar-refractivity contribution is 7.90. The van der Waals surface area contributed by atoms with Gasteiger partial charge in [0, 0.05) is 12.2 Å². The lowest BCUT2D eigenvalue weighted by Crippen LogP contribution is -2.33. The molecule has 0 aliphatic carbocycles. The minimum Gasteiger partial charge on any atom is -0.467 e. The minimum absolute atomic E-state index is 0.0724. The zero-order valence-electron chi connectivity index (χ0n) is 21.4. The molecule has 1 atom stereocenters. The maximum absolute atomic E-state index is 14.3. The van der Waals surface area contributed by atoms with E-state index in [4.69, 9.17) is 9.15 Å². The predicted molar refractivity (Wildman–Crippen MR) is 142 cm³/mol. The Bertz CT molecular complexity index is 1500. The lowest BCUT2D eigenvalue weighted by Gasteiger charge is -2.24. The number of nitrogens with zero attached hydrogens (tertiary/aromatic N) is 3. The minimum atomic E-state index is -4.01. The molecule has 0 radical (unpaired) electrons. The normalized spacial score (nSPS) is 15.5. The Balaban J connectivity index is 1.46. The Labute approximate surface area is 227 Å². The molecule has 1 amide bonds. The van der Waals surface area contributed by atoms with E-state index >= 15 is 0 Å². The molecule has 39 heavy (non-hydrogen) atoms. The summed E-state index contributed by atoms with van der Waals surface area (Å²) in [6, 6.07) is 18.8. The van der Waals surface area contributed by atoms with Crippen molar-refractivity contribution in [3.05, 3.63) is 108 Å². The van der Waals surface area contributed by atoms with Crippen molar-refractivity contribution in [3.8, 4) is 0 Å². The van der Waals surface area contributed by atoms with Gasteiger partial charge in [-0.25, -0.2) is 17.8 Å². The number of hydrogen-bond donors (Lipinski definition) is 0. The largest absolute Gasteiger partial charge is 0.467 e. The number of carbonyl (C=O) groups excluding carboxylic acids is 1. The molecule has 1 fully saturated rings. The van der Waals surface area contributed by atoms with Crippen LogP contribution < -0.4 is 0 Å². The van der Waals surface area contributed by atoms with Gasteiger partial charge in [-0.3, -0.25) is 4.79 Å². The van der Waals surface area contributed by atoms with E-state index in [1.165, 1.54) is 24.4 Å². The van der Waals surface area contributed by atoms with Gasteiger partial charge in [0.15, 0.2) is 0 Å². The van der Waals surface area contributed by atoms with Gasteiger partial charge in [-0.1, -0.05) is 48.5 Å². The van der Waals surface area contributed by atoms with E-state index in [-0.39, 0.29) is 48.8 Å². The van der Waals surface area contributed by atoms with Gasteiger partial charge in [0.05, 0.1) is 56.1 Å². The Morgan fingerprint density at radius 1 is 1.05 bits per heavy atom. The molecular weight excluding hydrogens is 521 g/mol. The first-order valence-electron chi connectivity index (χ1n) is 12.9. The summed E-state index contributed by atoms with van der Waals surface area (Å²) >= 11 is 0. The average molecular weight is 552 g/mol. The molecule has 0 saturated carbocycles. The molecule has 1 saturated heterocycles. The molecule has 204 valence electrons. The number of imidazole rings is 1. The van der Waals surface area contributed by atoms with Crippen LogP contribution in [0.2, 0.25) is 0 Å². The van der Waals surface area contributed by atoms with Gasteiger partial charge in [0.25, 0.3) is 0 Å². The highest BCUT2D eigenvalue weighted by atomic mass is 32.2. The monoisotopic (exact) mass is 551 g/mol. The zero-order valence-corrected chi connectivity index (χ0v) is 22.2. The van der Waals surface area contributed by atoms with Crippen LogP contribution in [0, 0.1) is 5.82 Å². The lowest BCUT2D eigenvalue weighted by molar-refractivity contribution is -0.132. The SMILES string of the molecule is O=C(Cc1ccccc1)N(Cc1ccco1)Cc1cnc(S(=O)(=O)Cc2ccccc2F)n1C[C@H]1CCCO1. The standard InChI is InChI=1S/C29H30FN3O5S/c30-27-13-5-4-10-23(27)21-39(35,36)29-31-17-24(33(29)20-26-12-7-15-38-26)18-32(19-25-11-6-14-37-25)28(34)16-22-8-2-1-3-9-22/h1-6,8-11,13-14,17,26H,7,12,15-16,18-21H2/t26-/m1/s1. The van der Waals surface area contributed by atoms with E-state index in [9.17, 15) is 17.6 Å². The van der Waals surface area contributed by atoms with Gasteiger partial charge in [-0.15, -0.1) is 0 Å². The van der Waals surface area contributed by atoms with Crippen LogP contribution in [0.5, 0.6) is 0 Å². The fraction of sp³-hybridized carbons (Fsp3) is 0.310. The maximum Gasteiger partial charge on any atom is 0.228 e. The zero-order chi connectivity index (χ0) is 27.2. The van der Waals surface area contributed by atoms with Crippen LogP contribution >= 0.6 is 0 Å². The molecule has 5 rings (SSSR count). The number of amides is 1. The Morgan fingerprint density at radius 2 is 1.85 bits per heavy atom. The average Bonchev–Trinajstić information content (AvgIpc) is 3.70. The van der Waals surface area contributed by atoms with Gasteiger partial charge in [0.2, 0.25) is 20.9 Å². The van der Waals surface area contributed by atoms with Gasteiger partial charge in [-0.05, 0) is 36.6 Å². The Morgan fingerprint density at radius 3 is 2.56 bits per heavy atom. The molecule has 0 unspecified atom stereocenters. The van der Waals surface area contributed by atoms with Crippen LogP contribution in [-0.4, -0.2) is 41.5 Å². The molecule has 0 bridgehead atoms. The van der Waals surface area contributed by atoms with Crippen LogP contribution in [0.3, 0.4) is 0 Å². The third-order valence-electron chi connectivity index (χ3n) is 6.72. The summed E-state index contributed by atoms with van der Waals surface area (Å²) in [6.45, 7) is 1.19. The van der Waals surface area contributed by atoms with Crippen molar-refractivity contribution >= 4 is 15.7 Å². The van der Waals surface area contributed by atoms with E-state index in [1.807, 2.05) is 30.3 Å². The molecular formula is C29H30FN3O5S. The van der Waals surface area contributed by atoms with E-state index in [0.29, 0.717) is 18.1 Å². The second-order valence-electron chi connectivity index (χ2n) is 9.62. The number of aromatic nitrogens is 2. The molecule has 1 aliphatic heterocycles. The maximum atomic E-state index is 14.3. The fourth-order valence-corrected chi connectivity index (χ4v) is 6.25. The first-order valence-corrected chi connectivity index (χ1v) is 14.5. The lowest BCUT2D eigenvalue weighted by atomic mass is 10.1. The number of benzene rings is 2. The number of halogens is 1. The summed E-state index contributed by atoms with van der Waals surface area (Å²) in [6.07, 6.45) is 4.69. The van der Waals surface area contributed by atoms with Crippen LogP contribution in [0.25, 0.3) is 0 Å². The Kier molecular flexibility index (Phi) is 8.23. The van der Waals surface area contributed by atoms with Gasteiger partial charge < -0.3 is 18.6 Å². The number of sulfone groups is 1. The van der Waals surface area contributed by atoms with Crippen LogP contribution in [-0.2, 0) is 51.2 Å². The summed E-state index contributed by atoms with van der Waals surface area (Å²) in [5, 5.41) is -0.162. The number of carbonyl (C=O) groups is 1. The molecule has 2 aromatic heterocycles. The molecule has 0 N–H and O–H groups in total. The first kappa shape index (κ1) is 26.8. The van der Waals surface area contributed by atoms with Crippen LogP contribution in [0.1, 0.15) is 35.4 Å². The number of furan rings is 1. The summed E-state index contributed by atoms with van der Waals surface area (Å²) in [7, 11) is -4.01. The van der Waals surface area contributed by atoms with Gasteiger partial charge in [0.1, 0.15) is 11.6 Å². The van der Waals surface area contributed by atoms with E-state index in [0.717, 1.165) is 18.4 Å². The second-order valence-corrected chi connectivity index (χ2v) is 11.5. The molecule has 10 heteroatoms. The molecule has 4 aromatic rings. The summed E-state index contributed by atoms with van der Waals surface area (Å²) < 4.78 is 54.2. The first-order chi connectivity index (χ1) is 18.9. The summed E-state index contributed by atoms with van der Waals surface area (Å²) in [4.78, 5) is 19.4. The molecule has 2 aromatic carbocycles. The van der Waals surface area contributed by atoms with Crippen molar-refractivity contribution < 1.29 is 26.8 Å².